The van der Waals surface area contributed by atoms with Gasteiger partial charge in [-0.05, 0) is 59.9 Å². The van der Waals surface area contributed by atoms with Crippen molar-refractivity contribution >= 4 is 59.6 Å². The van der Waals surface area contributed by atoms with Gasteiger partial charge in [0.25, 0.3) is 11.8 Å². The average molecular weight is 412 g/mol. The Balaban J connectivity index is 0.000000165. The number of hydrogen-bond donors (Lipinski definition) is 1. The molecule has 2 rings (SSSR count). The number of amides is 2. The maximum atomic E-state index is 10.0. The summed E-state index contributed by atoms with van der Waals surface area (Å²) in [5, 5.41) is 2.03. The summed E-state index contributed by atoms with van der Waals surface area (Å²) in [5.74, 6) is -0.657. The minimum absolute atomic E-state index is 0.329. The second kappa shape index (κ2) is 6.32. The van der Waals surface area contributed by atoms with E-state index in [2.05, 4.69) is 47.8 Å². The van der Waals surface area contributed by atoms with Crippen LogP contribution < -0.4 is 5.32 Å². The summed E-state index contributed by atoms with van der Waals surface area (Å²) in [6.45, 7) is 0. The second-order valence-electron chi connectivity index (χ2n) is 2.72. The van der Waals surface area contributed by atoms with E-state index in [9.17, 15) is 9.59 Å². The lowest BCUT2D eigenvalue weighted by Crippen LogP contribution is -2.19. The molecule has 0 saturated heterocycles. The molecule has 0 atom stereocenters. The maximum Gasteiger partial charge on any atom is 0.250 e. The standard InChI is InChI=1S/C6H3Br3.C4H3NO2/c7-4-2-1-3-5(8)6(4)9;6-3-1-2-4(7)5-3/h1-3H;1-2H,(H,5,6,7). The average Bonchev–Trinajstić information content (AvgIpc) is 2.60. The fraction of sp³-hybridized carbons (Fsp3) is 0. The summed E-state index contributed by atoms with van der Waals surface area (Å²) in [4.78, 5) is 20.1. The summed E-state index contributed by atoms with van der Waals surface area (Å²) < 4.78 is 3.19. The highest BCUT2D eigenvalue weighted by atomic mass is 79.9. The van der Waals surface area contributed by atoms with Crippen LogP contribution in [0.3, 0.4) is 0 Å². The summed E-state index contributed by atoms with van der Waals surface area (Å²) in [7, 11) is 0. The van der Waals surface area contributed by atoms with E-state index in [1.54, 1.807) is 0 Å². The van der Waals surface area contributed by atoms with Crippen LogP contribution in [0.2, 0.25) is 0 Å². The number of benzene rings is 1. The molecule has 1 aliphatic heterocycles. The number of rotatable bonds is 0. The third-order valence-electron chi connectivity index (χ3n) is 1.54. The molecule has 1 heterocycles. The predicted octanol–water partition coefficient (Wildman–Crippen LogP) is 3.17. The van der Waals surface area contributed by atoms with Gasteiger partial charge in [0.15, 0.2) is 0 Å². The van der Waals surface area contributed by atoms with Crippen LogP contribution in [0.5, 0.6) is 0 Å². The monoisotopic (exact) mass is 409 g/mol. The summed E-state index contributed by atoms with van der Waals surface area (Å²) in [6.07, 6.45) is 2.39. The second-order valence-corrected chi connectivity index (χ2v) is 5.22. The fourth-order valence-corrected chi connectivity index (χ4v) is 2.10. The third kappa shape index (κ3) is 4.19. The first-order chi connectivity index (χ1) is 7.50. The lowest BCUT2D eigenvalue weighted by Gasteiger charge is -1.95. The predicted molar refractivity (Wildman–Crippen MR) is 71.8 cm³/mol. The molecule has 1 N–H and O–H groups in total. The fourth-order valence-electron chi connectivity index (χ4n) is 0.834. The SMILES string of the molecule is Brc1cccc(Br)c1Br.O=C1C=CC(=O)N1. The Morgan fingerprint density at radius 3 is 1.56 bits per heavy atom. The highest BCUT2D eigenvalue weighted by Gasteiger charge is 2.06. The smallest absolute Gasteiger partial charge is 0.250 e. The Kier molecular flexibility index (Phi) is 5.37. The van der Waals surface area contributed by atoms with E-state index in [-0.39, 0.29) is 11.8 Å². The van der Waals surface area contributed by atoms with Crippen LogP contribution >= 0.6 is 47.8 Å². The Bertz CT molecular complexity index is 421. The van der Waals surface area contributed by atoms with E-state index >= 15 is 0 Å². The van der Waals surface area contributed by atoms with E-state index in [0.29, 0.717) is 0 Å². The molecule has 6 heteroatoms. The number of carbonyl (C=O) groups is 2. The first-order valence-electron chi connectivity index (χ1n) is 4.13. The molecule has 1 aromatic rings. The maximum absolute atomic E-state index is 10.0. The third-order valence-corrected chi connectivity index (χ3v) is 4.78. The van der Waals surface area contributed by atoms with Gasteiger partial charge in [-0.15, -0.1) is 0 Å². The molecule has 0 fully saturated rings. The molecule has 0 saturated carbocycles. The summed E-state index contributed by atoms with van der Waals surface area (Å²) in [5.41, 5.74) is 0. The molecule has 1 aromatic carbocycles. The molecule has 3 nitrogen and oxygen atoms in total. The van der Waals surface area contributed by atoms with Crippen molar-refractivity contribution < 1.29 is 9.59 Å². The van der Waals surface area contributed by atoms with Gasteiger partial charge in [0.05, 0.1) is 0 Å². The normalized spacial score (nSPS) is 13.2. The van der Waals surface area contributed by atoms with Crippen molar-refractivity contribution in [2.24, 2.45) is 0 Å². The molecule has 0 aliphatic carbocycles. The largest absolute Gasteiger partial charge is 0.289 e. The Labute approximate surface area is 118 Å². The highest BCUT2D eigenvalue weighted by molar-refractivity contribution is 9.14. The molecule has 0 bridgehead atoms. The van der Waals surface area contributed by atoms with Crippen LogP contribution in [0.1, 0.15) is 0 Å². The van der Waals surface area contributed by atoms with Gasteiger partial charge in [-0.1, -0.05) is 6.07 Å². The van der Waals surface area contributed by atoms with Crippen LogP contribution in [0, 0.1) is 0 Å². The van der Waals surface area contributed by atoms with Crippen LogP contribution in [0.15, 0.2) is 43.8 Å². The molecule has 1 aliphatic rings. The molecule has 0 radical (unpaired) electrons. The van der Waals surface area contributed by atoms with Crippen molar-refractivity contribution in [3.05, 3.63) is 43.8 Å². The van der Waals surface area contributed by atoms with Crippen LogP contribution in [-0.4, -0.2) is 11.8 Å². The minimum atomic E-state index is -0.329. The van der Waals surface area contributed by atoms with Gasteiger partial charge < -0.3 is 0 Å². The van der Waals surface area contributed by atoms with Crippen molar-refractivity contribution in [3.8, 4) is 0 Å². The number of imide groups is 1. The number of hydrogen-bond acceptors (Lipinski definition) is 2. The van der Waals surface area contributed by atoms with E-state index in [1.165, 1.54) is 12.2 Å². The van der Waals surface area contributed by atoms with Gasteiger partial charge >= 0.3 is 0 Å². The number of nitrogens with one attached hydrogen (secondary N) is 1. The van der Waals surface area contributed by atoms with Crippen molar-refractivity contribution in [1.82, 2.24) is 5.32 Å². The van der Waals surface area contributed by atoms with E-state index in [0.717, 1.165) is 13.4 Å². The van der Waals surface area contributed by atoms with Crippen LogP contribution in [-0.2, 0) is 9.59 Å². The van der Waals surface area contributed by atoms with Gasteiger partial charge in [0.1, 0.15) is 0 Å². The van der Waals surface area contributed by atoms with Crippen molar-refractivity contribution in [2.75, 3.05) is 0 Å². The topological polar surface area (TPSA) is 46.2 Å². The summed E-state index contributed by atoms with van der Waals surface area (Å²) in [6, 6.07) is 5.93. The molecule has 2 amide bonds. The van der Waals surface area contributed by atoms with E-state index in [4.69, 9.17) is 0 Å². The molecular weight excluding hydrogens is 406 g/mol. The van der Waals surface area contributed by atoms with Gasteiger partial charge in [-0.3, -0.25) is 14.9 Å². The van der Waals surface area contributed by atoms with Gasteiger partial charge in [-0.2, -0.15) is 0 Å². The van der Waals surface area contributed by atoms with E-state index in [1.807, 2.05) is 23.5 Å². The Morgan fingerprint density at radius 1 is 0.875 bits per heavy atom. The Morgan fingerprint density at radius 2 is 1.31 bits per heavy atom. The molecule has 84 valence electrons. The Hall–Kier alpha value is -0.460. The lowest BCUT2D eigenvalue weighted by atomic mass is 10.4. The van der Waals surface area contributed by atoms with Gasteiger partial charge in [0, 0.05) is 25.6 Å². The van der Waals surface area contributed by atoms with Crippen molar-refractivity contribution in [3.63, 3.8) is 0 Å². The first kappa shape index (κ1) is 13.6. The quantitative estimate of drug-likeness (QED) is 0.526. The number of halogens is 3. The zero-order valence-corrected chi connectivity index (χ0v) is 12.6. The minimum Gasteiger partial charge on any atom is -0.289 e. The van der Waals surface area contributed by atoms with Crippen LogP contribution in [0.25, 0.3) is 0 Å². The molecule has 0 unspecified atom stereocenters. The van der Waals surface area contributed by atoms with Gasteiger partial charge in [0.2, 0.25) is 0 Å². The molecule has 0 spiro atoms. The zero-order valence-electron chi connectivity index (χ0n) is 7.84. The van der Waals surface area contributed by atoms with Crippen LogP contribution in [0.4, 0.5) is 0 Å². The van der Waals surface area contributed by atoms with Crippen molar-refractivity contribution in [1.29, 1.82) is 0 Å². The van der Waals surface area contributed by atoms with Gasteiger partial charge in [-0.25, -0.2) is 0 Å². The summed E-state index contributed by atoms with van der Waals surface area (Å²) >= 11 is 10.1. The van der Waals surface area contributed by atoms with E-state index < -0.39 is 0 Å². The molecule has 0 aromatic heterocycles. The molecule has 16 heavy (non-hydrogen) atoms. The first-order valence-corrected chi connectivity index (χ1v) is 6.51. The van der Waals surface area contributed by atoms with Crippen molar-refractivity contribution in [2.45, 2.75) is 0 Å². The lowest BCUT2D eigenvalue weighted by molar-refractivity contribution is -0.123. The zero-order chi connectivity index (χ0) is 12.1. The molecular formula is C10H6Br3NO2. The highest BCUT2D eigenvalue weighted by Crippen LogP contribution is 2.29. The number of carbonyl (C=O) groups excluding carboxylic acids is 2.